The Kier molecular flexibility index (Phi) is 6.81. The Morgan fingerprint density at radius 2 is 1.93 bits per heavy atom. The van der Waals surface area contributed by atoms with E-state index in [9.17, 15) is 9.59 Å². The number of rotatable bonds is 8. The van der Waals surface area contributed by atoms with Gasteiger partial charge in [-0.15, -0.1) is 0 Å². The second-order valence-corrected chi connectivity index (χ2v) is 6.40. The van der Waals surface area contributed by atoms with E-state index in [4.69, 9.17) is 23.4 Å². The fraction of sp³-hybridized carbons (Fsp3) is 0.474. The van der Waals surface area contributed by atoms with E-state index in [2.05, 4.69) is 4.74 Å². The maximum Gasteiger partial charge on any atom is 0.508 e. The summed E-state index contributed by atoms with van der Waals surface area (Å²) < 4.78 is 31.6. The monoisotopic (exact) mass is 380 g/mol. The minimum atomic E-state index is -0.814. The van der Waals surface area contributed by atoms with E-state index in [1.54, 1.807) is 45.0 Å². The normalized spacial score (nSPS) is 13.8. The molecule has 0 amide bonds. The zero-order valence-electron chi connectivity index (χ0n) is 16.0. The minimum Gasteiger partial charge on any atom is -0.468 e. The first-order valence-electron chi connectivity index (χ1n) is 8.35. The molecular formula is C19H24O8. The highest BCUT2D eigenvalue weighted by Crippen LogP contribution is 2.24. The highest BCUT2D eigenvalue weighted by Gasteiger charge is 2.37. The average Bonchev–Trinajstić information content (AvgIpc) is 2.61. The van der Waals surface area contributed by atoms with E-state index in [1.807, 2.05) is 0 Å². The number of carbonyl (C=O) groups is 1. The van der Waals surface area contributed by atoms with Crippen molar-refractivity contribution in [2.75, 3.05) is 21.0 Å². The Morgan fingerprint density at radius 3 is 2.59 bits per heavy atom. The third kappa shape index (κ3) is 5.45. The number of hydrogen-bond donors (Lipinski definition) is 0. The van der Waals surface area contributed by atoms with Crippen LogP contribution < -0.4 is 10.4 Å². The van der Waals surface area contributed by atoms with E-state index in [0.29, 0.717) is 11.3 Å². The zero-order chi connectivity index (χ0) is 20.0. The van der Waals surface area contributed by atoms with Gasteiger partial charge in [-0.25, -0.2) is 9.59 Å². The Bertz CT molecular complexity index is 826. The second-order valence-electron chi connectivity index (χ2n) is 6.40. The molecule has 0 saturated carbocycles. The van der Waals surface area contributed by atoms with Gasteiger partial charge in [-0.1, -0.05) is 0 Å². The van der Waals surface area contributed by atoms with E-state index in [1.165, 1.54) is 20.3 Å². The lowest BCUT2D eigenvalue weighted by molar-refractivity contribution is -0.179. The molecule has 27 heavy (non-hydrogen) atoms. The molecule has 2 atom stereocenters. The van der Waals surface area contributed by atoms with Crippen LogP contribution in [0.3, 0.4) is 0 Å². The topological polar surface area (TPSA) is 93.4 Å². The van der Waals surface area contributed by atoms with Gasteiger partial charge in [0.1, 0.15) is 23.5 Å². The molecule has 8 heteroatoms. The summed E-state index contributed by atoms with van der Waals surface area (Å²) in [6, 6.07) is 8.08. The Morgan fingerprint density at radius 1 is 1.19 bits per heavy atom. The summed E-state index contributed by atoms with van der Waals surface area (Å²) >= 11 is 0. The smallest absolute Gasteiger partial charge is 0.468 e. The number of ether oxygens (including phenoxy) is 5. The molecule has 2 aromatic rings. The molecule has 1 heterocycles. The van der Waals surface area contributed by atoms with Gasteiger partial charge < -0.3 is 28.1 Å². The standard InChI is InChI=1S/C19H24O8/c1-12(26-18(21)23-5)17(22-4)19(2,3)25-11-24-14-7-8-15-13(10-14)6-9-16(20)27-15/h6-10,12,17H,11H2,1-5H3/t12-,17?/m1/s1. The predicted octanol–water partition coefficient (Wildman–Crippen LogP) is 3.11. The van der Waals surface area contributed by atoms with Crippen molar-refractivity contribution in [3.63, 3.8) is 0 Å². The number of hydrogen-bond acceptors (Lipinski definition) is 8. The highest BCUT2D eigenvalue weighted by atomic mass is 16.7. The summed E-state index contributed by atoms with van der Waals surface area (Å²) in [4.78, 5) is 22.5. The van der Waals surface area contributed by atoms with Crippen molar-refractivity contribution < 1.29 is 32.9 Å². The van der Waals surface area contributed by atoms with Gasteiger partial charge in [-0.05, 0) is 45.0 Å². The molecule has 0 spiro atoms. The molecule has 0 radical (unpaired) electrons. The van der Waals surface area contributed by atoms with Crippen molar-refractivity contribution in [2.45, 2.75) is 38.6 Å². The Hall–Kier alpha value is -2.58. The molecule has 0 aliphatic rings. The van der Waals surface area contributed by atoms with Crippen LogP contribution in [-0.4, -0.2) is 45.0 Å². The largest absolute Gasteiger partial charge is 0.508 e. The van der Waals surface area contributed by atoms with Crippen LogP contribution in [0.5, 0.6) is 5.75 Å². The van der Waals surface area contributed by atoms with Gasteiger partial charge in [0, 0.05) is 18.6 Å². The molecule has 8 nitrogen and oxygen atoms in total. The van der Waals surface area contributed by atoms with Crippen molar-refractivity contribution in [1.82, 2.24) is 0 Å². The number of methoxy groups -OCH3 is 2. The zero-order valence-corrected chi connectivity index (χ0v) is 16.0. The van der Waals surface area contributed by atoms with Crippen LogP contribution in [-0.2, 0) is 18.9 Å². The molecule has 0 bridgehead atoms. The van der Waals surface area contributed by atoms with Crippen molar-refractivity contribution in [2.24, 2.45) is 0 Å². The van der Waals surface area contributed by atoms with E-state index in [-0.39, 0.29) is 6.79 Å². The molecule has 148 valence electrons. The lowest BCUT2D eigenvalue weighted by Crippen LogP contribution is -2.49. The maximum absolute atomic E-state index is 11.3. The average molecular weight is 380 g/mol. The summed E-state index contributed by atoms with van der Waals surface area (Å²) in [6.07, 6.45) is -1.94. The second kappa shape index (κ2) is 8.88. The van der Waals surface area contributed by atoms with Gasteiger partial charge in [-0.2, -0.15) is 0 Å². The molecule has 0 N–H and O–H groups in total. The lowest BCUT2D eigenvalue weighted by Gasteiger charge is -2.35. The van der Waals surface area contributed by atoms with Gasteiger partial charge in [0.15, 0.2) is 6.79 Å². The molecular weight excluding hydrogens is 356 g/mol. The van der Waals surface area contributed by atoms with Gasteiger partial charge in [0.05, 0.1) is 12.7 Å². The molecule has 0 aliphatic carbocycles. The molecule has 0 saturated heterocycles. The van der Waals surface area contributed by atoms with Gasteiger partial charge in [0.2, 0.25) is 0 Å². The van der Waals surface area contributed by atoms with Crippen LogP contribution in [0, 0.1) is 0 Å². The van der Waals surface area contributed by atoms with Gasteiger partial charge in [0.25, 0.3) is 0 Å². The number of fused-ring (bicyclic) bond motifs is 1. The van der Waals surface area contributed by atoms with Crippen LogP contribution >= 0.6 is 0 Å². The number of benzene rings is 1. The molecule has 0 fully saturated rings. The van der Waals surface area contributed by atoms with Crippen LogP contribution in [0.25, 0.3) is 11.0 Å². The molecule has 1 unspecified atom stereocenters. The van der Waals surface area contributed by atoms with Crippen LogP contribution in [0.2, 0.25) is 0 Å². The summed E-state index contributed by atoms with van der Waals surface area (Å²) in [6.45, 7) is 5.24. The third-order valence-electron chi connectivity index (χ3n) is 4.06. The first-order chi connectivity index (χ1) is 12.8. The molecule has 0 aliphatic heterocycles. The third-order valence-corrected chi connectivity index (χ3v) is 4.06. The molecule has 1 aromatic heterocycles. The quantitative estimate of drug-likeness (QED) is 0.392. The first kappa shape index (κ1) is 20.7. The minimum absolute atomic E-state index is 0.0555. The van der Waals surface area contributed by atoms with Gasteiger partial charge >= 0.3 is 11.8 Å². The van der Waals surface area contributed by atoms with Crippen LogP contribution in [0.4, 0.5) is 4.79 Å². The van der Waals surface area contributed by atoms with Crippen LogP contribution in [0.15, 0.2) is 39.5 Å². The van der Waals surface area contributed by atoms with Crippen molar-refractivity contribution in [3.8, 4) is 5.75 Å². The van der Waals surface area contributed by atoms with Crippen molar-refractivity contribution >= 4 is 17.1 Å². The molecule has 2 rings (SSSR count). The van der Waals surface area contributed by atoms with E-state index < -0.39 is 29.6 Å². The SMILES string of the molecule is COC(=O)O[C@H](C)C(OC)C(C)(C)OCOc1ccc2oc(=O)ccc2c1. The fourth-order valence-electron chi connectivity index (χ4n) is 2.77. The number of carbonyl (C=O) groups excluding carboxylic acids is 1. The lowest BCUT2D eigenvalue weighted by atomic mass is 9.97. The predicted molar refractivity (Wildman–Crippen MR) is 96.9 cm³/mol. The summed E-state index contributed by atoms with van der Waals surface area (Å²) in [5.41, 5.74) is -0.745. The molecule has 1 aromatic carbocycles. The van der Waals surface area contributed by atoms with Gasteiger partial charge in [-0.3, -0.25) is 0 Å². The summed E-state index contributed by atoms with van der Waals surface area (Å²) in [5, 5.41) is 0.737. The fourth-order valence-corrected chi connectivity index (χ4v) is 2.77. The highest BCUT2D eigenvalue weighted by molar-refractivity contribution is 5.77. The Balaban J connectivity index is 1.98. The van der Waals surface area contributed by atoms with E-state index >= 15 is 0 Å². The van der Waals surface area contributed by atoms with Crippen LogP contribution in [0.1, 0.15) is 20.8 Å². The Labute approximate surface area is 156 Å². The van der Waals surface area contributed by atoms with Crippen molar-refractivity contribution in [3.05, 3.63) is 40.8 Å². The maximum atomic E-state index is 11.3. The van der Waals surface area contributed by atoms with Crippen molar-refractivity contribution in [1.29, 1.82) is 0 Å². The summed E-state index contributed by atoms with van der Waals surface area (Å²) in [7, 11) is 2.74. The van der Waals surface area contributed by atoms with E-state index in [0.717, 1.165) is 5.39 Å². The first-order valence-corrected chi connectivity index (χ1v) is 8.35. The summed E-state index contributed by atoms with van der Waals surface area (Å²) in [5.74, 6) is 0.556.